The van der Waals surface area contributed by atoms with Gasteiger partial charge in [-0.25, -0.2) is 4.98 Å². The average molecular weight is 254 g/mol. The van der Waals surface area contributed by atoms with E-state index < -0.39 is 6.10 Å². The van der Waals surface area contributed by atoms with Gasteiger partial charge in [-0.2, -0.15) is 0 Å². The van der Waals surface area contributed by atoms with E-state index in [2.05, 4.69) is 10.3 Å². The number of aliphatic hydroxyl groups excluding tert-OH is 1. The quantitative estimate of drug-likeness (QED) is 0.758. The summed E-state index contributed by atoms with van der Waals surface area (Å²) in [7, 11) is 0. The lowest BCUT2D eigenvalue weighted by Gasteiger charge is -2.10. The van der Waals surface area contributed by atoms with Crippen LogP contribution >= 0.6 is 11.8 Å². The van der Waals surface area contributed by atoms with E-state index >= 15 is 0 Å². The van der Waals surface area contributed by atoms with E-state index in [4.69, 9.17) is 0 Å². The van der Waals surface area contributed by atoms with Crippen molar-refractivity contribution in [1.29, 1.82) is 0 Å². The van der Waals surface area contributed by atoms with Crippen LogP contribution in [0.25, 0.3) is 0 Å². The number of aliphatic hydroxyl groups is 1. The van der Waals surface area contributed by atoms with Crippen molar-refractivity contribution in [3.05, 3.63) is 23.9 Å². The standard InChI is InChI=1S/C12H18N2O2S/c1-3-4-10(15)8-14-12(16)9-5-6-11(17-2)13-7-9/h5-7,10,15H,3-4,8H2,1-2H3,(H,14,16). The Balaban J connectivity index is 2.46. The van der Waals surface area contributed by atoms with Crippen LogP contribution in [0.5, 0.6) is 0 Å². The average Bonchev–Trinajstić information content (AvgIpc) is 2.36. The molecule has 2 N–H and O–H groups in total. The molecule has 0 aliphatic carbocycles. The lowest BCUT2D eigenvalue weighted by molar-refractivity contribution is 0.0909. The molecular formula is C12H18N2O2S. The number of pyridine rings is 1. The van der Waals surface area contributed by atoms with Gasteiger partial charge in [-0.15, -0.1) is 11.8 Å². The molecule has 1 heterocycles. The summed E-state index contributed by atoms with van der Waals surface area (Å²) < 4.78 is 0. The molecule has 0 radical (unpaired) electrons. The molecule has 4 nitrogen and oxygen atoms in total. The number of carbonyl (C=O) groups excluding carboxylic acids is 1. The van der Waals surface area contributed by atoms with E-state index in [1.165, 1.54) is 11.8 Å². The normalized spacial score (nSPS) is 12.2. The molecule has 17 heavy (non-hydrogen) atoms. The lowest BCUT2D eigenvalue weighted by atomic mass is 10.2. The third kappa shape index (κ3) is 4.75. The second-order valence-electron chi connectivity index (χ2n) is 3.74. The fourth-order valence-electron chi connectivity index (χ4n) is 1.38. The van der Waals surface area contributed by atoms with Crippen molar-refractivity contribution in [3.8, 4) is 0 Å². The fourth-order valence-corrected chi connectivity index (χ4v) is 1.75. The van der Waals surface area contributed by atoms with Gasteiger partial charge in [0.25, 0.3) is 5.91 Å². The van der Waals surface area contributed by atoms with Crippen molar-refractivity contribution in [1.82, 2.24) is 10.3 Å². The first kappa shape index (κ1) is 14.0. The summed E-state index contributed by atoms with van der Waals surface area (Å²) in [4.78, 5) is 15.8. The van der Waals surface area contributed by atoms with Gasteiger partial charge in [0.2, 0.25) is 0 Å². The van der Waals surface area contributed by atoms with Gasteiger partial charge >= 0.3 is 0 Å². The molecule has 5 heteroatoms. The molecule has 1 amide bonds. The predicted molar refractivity (Wildman–Crippen MR) is 69.3 cm³/mol. The Labute approximate surface area is 106 Å². The van der Waals surface area contributed by atoms with E-state index in [0.717, 1.165) is 11.4 Å². The van der Waals surface area contributed by atoms with Crippen LogP contribution in [0.1, 0.15) is 30.1 Å². The number of hydrogen-bond donors (Lipinski definition) is 2. The highest BCUT2D eigenvalue weighted by atomic mass is 32.2. The molecule has 0 spiro atoms. The summed E-state index contributed by atoms with van der Waals surface area (Å²) in [6.07, 6.45) is 4.61. The molecular weight excluding hydrogens is 236 g/mol. The number of nitrogens with zero attached hydrogens (tertiary/aromatic N) is 1. The SMILES string of the molecule is CCCC(O)CNC(=O)c1ccc(SC)nc1. The minimum absolute atomic E-state index is 0.194. The monoisotopic (exact) mass is 254 g/mol. The Morgan fingerprint density at radius 1 is 1.59 bits per heavy atom. The molecule has 1 aromatic rings. The molecule has 1 aromatic heterocycles. The van der Waals surface area contributed by atoms with Gasteiger partial charge in [-0.1, -0.05) is 13.3 Å². The maximum Gasteiger partial charge on any atom is 0.252 e. The van der Waals surface area contributed by atoms with Crippen LogP contribution in [-0.2, 0) is 0 Å². The zero-order valence-electron chi connectivity index (χ0n) is 10.1. The summed E-state index contributed by atoms with van der Waals surface area (Å²) in [5.41, 5.74) is 0.520. The van der Waals surface area contributed by atoms with Gasteiger partial charge in [0.05, 0.1) is 16.7 Å². The van der Waals surface area contributed by atoms with Gasteiger partial charge in [0.15, 0.2) is 0 Å². The zero-order valence-corrected chi connectivity index (χ0v) is 11.0. The molecule has 0 bridgehead atoms. The van der Waals surface area contributed by atoms with E-state index in [1.54, 1.807) is 12.3 Å². The third-order valence-electron chi connectivity index (χ3n) is 2.33. The third-order valence-corrected chi connectivity index (χ3v) is 2.99. The summed E-state index contributed by atoms with van der Waals surface area (Å²) in [6, 6.07) is 3.54. The number of carbonyl (C=O) groups is 1. The number of hydrogen-bond acceptors (Lipinski definition) is 4. The molecule has 0 aliphatic rings. The molecule has 0 aromatic carbocycles. The smallest absolute Gasteiger partial charge is 0.252 e. The Morgan fingerprint density at radius 2 is 2.35 bits per heavy atom. The topological polar surface area (TPSA) is 62.2 Å². The van der Waals surface area contributed by atoms with Crippen molar-refractivity contribution in [2.24, 2.45) is 0 Å². The molecule has 0 saturated carbocycles. The van der Waals surface area contributed by atoms with Crippen molar-refractivity contribution >= 4 is 17.7 Å². The highest BCUT2D eigenvalue weighted by Gasteiger charge is 2.08. The Morgan fingerprint density at radius 3 is 2.88 bits per heavy atom. The van der Waals surface area contributed by atoms with Gasteiger partial charge in [0.1, 0.15) is 0 Å². The maximum atomic E-state index is 11.7. The first-order valence-corrected chi connectivity index (χ1v) is 6.86. The Bertz CT molecular complexity index is 354. The maximum absolute atomic E-state index is 11.7. The first-order valence-electron chi connectivity index (χ1n) is 5.63. The van der Waals surface area contributed by atoms with E-state index in [9.17, 15) is 9.90 Å². The number of thioether (sulfide) groups is 1. The van der Waals surface area contributed by atoms with Crippen molar-refractivity contribution in [3.63, 3.8) is 0 Å². The second kappa shape index (κ2) is 7.29. The lowest BCUT2D eigenvalue weighted by Crippen LogP contribution is -2.32. The number of nitrogens with one attached hydrogen (secondary N) is 1. The minimum Gasteiger partial charge on any atom is -0.391 e. The summed E-state index contributed by atoms with van der Waals surface area (Å²) >= 11 is 1.53. The van der Waals surface area contributed by atoms with Crippen LogP contribution in [0.3, 0.4) is 0 Å². The van der Waals surface area contributed by atoms with Gasteiger partial charge < -0.3 is 10.4 Å². The molecule has 1 rings (SSSR count). The van der Waals surface area contributed by atoms with E-state index in [-0.39, 0.29) is 12.5 Å². The van der Waals surface area contributed by atoms with Crippen molar-refractivity contribution in [2.45, 2.75) is 30.9 Å². The Hall–Kier alpha value is -1.07. The van der Waals surface area contributed by atoms with Crippen LogP contribution in [0, 0.1) is 0 Å². The highest BCUT2D eigenvalue weighted by molar-refractivity contribution is 7.98. The zero-order chi connectivity index (χ0) is 12.7. The predicted octanol–water partition coefficient (Wildman–Crippen LogP) is 1.69. The summed E-state index contributed by atoms with van der Waals surface area (Å²) in [5.74, 6) is -0.194. The van der Waals surface area contributed by atoms with Crippen LogP contribution < -0.4 is 5.32 Å². The van der Waals surface area contributed by atoms with Crippen molar-refractivity contribution in [2.75, 3.05) is 12.8 Å². The van der Waals surface area contributed by atoms with Crippen molar-refractivity contribution < 1.29 is 9.90 Å². The largest absolute Gasteiger partial charge is 0.391 e. The van der Waals surface area contributed by atoms with E-state index in [0.29, 0.717) is 12.0 Å². The van der Waals surface area contributed by atoms with Gasteiger partial charge in [-0.05, 0) is 24.8 Å². The molecule has 0 fully saturated rings. The van der Waals surface area contributed by atoms with Gasteiger partial charge in [0, 0.05) is 12.7 Å². The first-order chi connectivity index (χ1) is 8.17. The van der Waals surface area contributed by atoms with Crippen LogP contribution in [-0.4, -0.2) is 34.9 Å². The summed E-state index contributed by atoms with van der Waals surface area (Å²) in [5, 5.41) is 13.1. The minimum atomic E-state index is -0.470. The van der Waals surface area contributed by atoms with Crippen LogP contribution in [0.4, 0.5) is 0 Å². The molecule has 1 atom stereocenters. The molecule has 94 valence electrons. The number of amides is 1. The van der Waals surface area contributed by atoms with E-state index in [1.807, 2.05) is 19.2 Å². The molecule has 0 aliphatic heterocycles. The highest BCUT2D eigenvalue weighted by Crippen LogP contribution is 2.10. The number of rotatable bonds is 6. The molecule has 0 saturated heterocycles. The van der Waals surface area contributed by atoms with Crippen LogP contribution in [0.2, 0.25) is 0 Å². The second-order valence-corrected chi connectivity index (χ2v) is 4.57. The molecule has 1 unspecified atom stereocenters. The Kier molecular flexibility index (Phi) is 6.00. The summed E-state index contributed by atoms with van der Waals surface area (Å²) in [6.45, 7) is 2.28. The number of aromatic nitrogens is 1. The van der Waals surface area contributed by atoms with Gasteiger partial charge in [-0.3, -0.25) is 4.79 Å². The van der Waals surface area contributed by atoms with Crippen LogP contribution in [0.15, 0.2) is 23.4 Å². The fraction of sp³-hybridized carbons (Fsp3) is 0.500.